The number of pyridine rings is 1. The minimum absolute atomic E-state index is 0.861. The van der Waals surface area contributed by atoms with Gasteiger partial charge in [-0.25, -0.2) is 0 Å². The summed E-state index contributed by atoms with van der Waals surface area (Å²) in [5.74, 6) is 0. The lowest BCUT2D eigenvalue weighted by molar-refractivity contribution is 0.670. The normalized spacial score (nSPS) is 11.8. The van der Waals surface area contributed by atoms with E-state index in [1.807, 2.05) is 0 Å². The lowest BCUT2D eigenvalue weighted by Gasteiger charge is -2.26. The summed E-state index contributed by atoms with van der Waals surface area (Å²) in [7, 11) is 0. The number of nitrogens with zero attached hydrogens (tertiary/aromatic N) is 2. The molecule has 3 heteroatoms. The molecule has 0 aliphatic heterocycles. The van der Waals surface area contributed by atoms with Crippen LogP contribution in [-0.2, 0) is 0 Å². The molecule has 3 nitrogen and oxygen atoms in total. The molecule has 0 bridgehead atoms. The van der Waals surface area contributed by atoms with Gasteiger partial charge in [0.1, 0.15) is 5.58 Å². The molecule has 13 aromatic rings. The third kappa shape index (κ3) is 5.53. The van der Waals surface area contributed by atoms with E-state index < -0.39 is 0 Å². The second-order valence-electron chi connectivity index (χ2n) is 16.4. The van der Waals surface area contributed by atoms with Crippen molar-refractivity contribution in [3.63, 3.8) is 0 Å². The van der Waals surface area contributed by atoms with Gasteiger partial charge in [-0.15, -0.1) is 0 Å². The van der Waals surface area contributed by atoms with Crippen LogP contribution in [0.25, 0.3) is 104 Å². The lowest BCUT2D eigenvalue weighted by Crippen LogP contribution is -2.10. The van der Waals surface area contributed by atoms with Crippen molar-refractivity contribution in [3.8, 4) is 33.5 Å². The summed E-state index contributed by atoms with van der Waals surface area (Å²) in [6, 6.07) is 83.3. The summed E-state index contributed by atoms with van der Waals surface area (Å²) < 4.78 is 9.43. The third-order valence-electron chi connectivity index (χ3n) is 12.9. The molecule has 0 unspecified atom stereocenters. The fraction of sp³-hybridized carbons (Fsp3) is 0. The van der Waals surface area contributed by atoms with Crippen molar-refractivity contribution in [2.45, 2.75) is 0 Å². The van der Waals surface area contributed by atoms with Crippen molar-refractivity contribution in [2.24, 2.45) is 0 Å². The summed E-state index contributed by atoms with van der Waals surface area (Å²) in [5, 5.41) is 10.7. The van der Waals surface area contributed by atoms with Crippen LogP contribution in [0, 0.1) is 0 Å². The van der Waals surface area contributed by atoms with Crippen LogP contribution in [-0.4, -0.2) is 4.40 Å². The van der Waals surface area contributed by atoms with Gasteiger partial charge in [0.05, 0.1) is 22.4 Å². The van der Waals surface area contributed by atoms with E-state index in [1.54, 1.807) is 0 Å². The Hall–Kier alpha value is -8.40. The van der Waals surface area contributed by atoms with Gasteiger partial charge in [0.2, 0.25) is 0 Å². The highest BCUT2D eigenvalue weighted by molar-refractivity contribution is 6.16. The molecule has 0 aliphatic carbocycles. The Morgan fingerprint density at radius 2 is 0.937 bits per heavy atom. The Morgan fingerprint density at radius 1 is 0.333 bits per heavy atom. The third-order valence-corrected chi connectivity index (χ3v) is 12.9. The molecule has 0 radical (unpaired) electrons. The molecule has 0 atom stereocenters. The molecule has 0 saturated carbocycles. The highest BCUT2D eigenvalue weighted by atomic mass is 16.3. The molecule has 0 aliphatic rings. The van der Waals surface area contributed by atoms with Gasteiger partial charge in [0, 0.05) is 44.0 Å². The predicted molar refractivity (Wildman–Crippen MR) is 266 cm³/mol. The molecule has 3 heterocycles. The molecule has 0 saturated heterocycles. The van der Waals surface area contributed by atoms with E-state index in [0.717, 1.165) is 50.1 Å². The number of rotatable bonds is 6. The number of fused-ring (bicyclic) bond motifs is 10. The summed E-state index contributed by atoms with van der Waals surface area (Å²) >= 11 is 0. The van der Waals surface area contributed by atoms with Crippen molar-refractivity contribution >= 4 is 87.7 Å². The first-order chi connectivity index (χ1) is 31.3. The van der Waals surface area contributed by atoms with Gasteiger partial charge < -0.3 is 13.7 Å². The van der Waals surface area contributed by atoms with Crippen LogP contribution < -0.4 is 4.90 Å². The van der Waals surface area contributed by atoms with Gasteiger partial charge in [0.25, 0.3) is 0 Å². The number of anilines is 3. The van der Waals surface area contributed by atoms with Crippen LogP contribution in [0.1, 0.15) is 0 Å². The van der Waals surface area contributed by atoms with Gasteiger partial charge >= 0.3 is 0 Å². The summed E-state index contributed by atoms with van der Waals surface area (Å²) in [6.07, 6.45) is 0. The predicted octanol–water partition coefficient (Wildman–Crippen LogP) is 16.9. The Morgan fingerprint density at radius 3 is 1.73 bits per heavy atom. The van der Waals surface area contributed by atoms with E-state index in [9.17, 15) is 0 Å². The average molecular weight is 803 g/mol. The number of para-hydroxylation sites is 4. The van der Waals surface area contributed by atoms with E-state index in [1.165, 1.54) is 71.1 Å². The van der Waals surface area contributed by atoms with Crippen LogP contribution in [0.15, 0.2) is 235 Å². The molecular formula is C60H38N2O. The molecule has 294 valence electrons. The molecular weight excluding hydrogens is 765 g/mol. The van der Waals surface area contributed by atoms with Crippen molar-refractivity contribution < 1.29 is 4.42 Å². The lowest BCUT2D eigenvalue weighted by atomic mass is 9.96. The minimum Gasteiger partial charge on any atom is -0.453 e. The van der Waals surface area contributed by atoms with Crippen molar-refractivity contribution in [1.29, 1.82) is 0 Å². The van der Waals surface area contributed by atoms with Crippen molar-refractivity contribution in [3.05, 3.63) is 231 Å². The van der Waals surface area contributed by atoms with Crippen LogP contribution in [0.5, 0.6) is 0 Å². The number of benzene rings is 10. The average Bonchev–Trinajstić information content (AvgIpc) is 3.90. The molecule has 0 N–H and O–H groups in total. The largest absolute Gasteiger partial charge is 0.453 e. The molecule has 10 aromatic carbocycles. The van der Waals surface area contributed by atoms with Gasteiger partial charge in [-0.1, -0.05) is 182 Å². The monoisotopic (exact) mass is 802 g/mol. The van der Waals surface area contributed by atoms with Crippen LogP contribution in [0.3, 0.4) is 0 Å². The Bertz CT molecular complexity index is 3900. The second kappa shape index (κ2) is 14.1. The summed E-state index contributed by atoms with van der Waals surface area (Å²) in [4.78, 5) is 2.33. The molecule has 0 amide bonds. The van der Waals surface area contributed by atoms with Crippen LogP contribution >= 0.6 is 0 Å². The smallest absolute Gasteiger partial charge is 0.159 e. The highest BCUT2D eigenvalue weighted by Crippen LogP contribution is 2.46. The first-order valence-electron chi connectivity index (χ1n) is 21.6. The second-order valence-corrected chi connectivity index (χ2v) is 16.4. The Balaban J connectivity index is 0.977. The number of aromatic nitrogens is 1. The van der Waals surface area contributed by atoms with Crippen LogP contribution in [0.4, 0.5) is 17.1 Å². The van der Waals surface area contributed by atoms with Crippen LogP contribution in [0.2, 0.25) is 0 Å². The number of hydrogen-bond acceptors (Lipinski definition) is 2. The van der Waals surface area contributed by atoms with E-state index in [-0.39, 0.29) is 0 Å². The SMILES string of the molecule is c1ccc(-c2cccc3c2oc2c(N(c4ccccc4)c4ccc5c(ccc6cc(-c7c8ccccc8cc8c(-c9ccccc9)c9ccccc9n78)ccc65)c4)cccc23)cc1. The summed E-state index contributed by atoms with van der Waals surface area (Å²) in [5.41, 5.74) is 14.4. The van der Waals surface area contributed by atoms with E-state index >= 15 is 0 Å². The van der Waals surface area contributed by atoms with Crippen molar-refractivity contribution in [1.82, 2.24) is 4.40 Å². The fourth-order valence-corrected chi connectivity index (χ4v) is 10.1. The summed E-state index contributed by atoms with van der Waals surface area (Å²) in [6.45, 7) is 0. The van der Waals surface area contributed by atoms with Gasteiger partial charge in [-0.05, 0) is 92.2 Å². The number of hydrogen-bond donors (Lipinski definition) is 0. The van der Waals surface area contributed by atoms with E-state index in [2.05, 4.69) is 240 Å². The van der Waals surface area contributed by atoms with Crippen molar-refractivity contribution in [2.75, 3.05) is 4.90 Å². The maximum atomic E-state index is 6.94. The first kappa shape index (κ1) is 35.4. The maximum absolute atomic E-state index is 6.94. The molecule has 0 spiro atoms. The molecule has 13 rings (SSSR count). The first-order valence-corrected chi connectivity index (χ1v) is 21.6. The molecule has 3 aromatic heterocycles. The topological polar surface area (TPSA) is 20.8 Å². The Labute approximate surface area is 363 Å². The maximum Gasteiger partial charge on any atom is 0.159 e. The standard InChI is InChI=1S/C60H38N2O/c1-4-16-39(17-5-1)50-25-14-26-51-52-27-15-29-55(60(52)63-59(50)51)61(45-21-8-3-9-22-45)46-33-35-48-43(37-46)31-30-42-36-44(32-34-47(42)48)58-49-23-11-10-20-41(49)38-56-57(40-18-6-2-7-19-40)53-24-12-13-28-54(53)62(56)58/h1-38H. The zero-order chi connectivity index (χ0) is 41.4. The van der Waals surface area contributed by atoms with E-state index in [0.29, 0.717) is 0 Å². The zero-order valence-corrected chi connectivity index (χ0v) is 34.2. The van der Waals surface area contributed by atoms with Gasteiger partial charge in [-0.2, -0.15) is 0 Å². The fourth-order valence-electron chi connectivity index (χ4n) is 10.1. The quantitative estimate of drug-likeness (QED) is 0.156. The van der Waals surface area contributed by atoms with Gasteiger partial charge in [0.15, 0.2) is 5.58 Å². The van der Waals surface area contributed by atoms with Gasteiger partial charge in [-0.3, -0.25) is 0 Å². The Kier molecular flexibility index (Phi) is 7.91. The molecule has 0 fully saturated rings. The number of furan rings is 1. The molecule has 63 heavy (non-hydrogen) atoms. The van der Waals surface area contributed by atoms with E-state index in [4.69, 9.17) is 4.42 Å². The highest BCUT2D eigenvalue weighted by Gasteiger charge is 2.22. The zero-order valence-electron chi connectivity index (χ0n) is 34.2. The minimum atomic E-state index is 0.861.